The zero-order valence-electron chi connectivity index (χ0n) is 14.5. The fourth-order valence-electron chi connectivity index (χ4n) is 1.98. The van der Waals surface area contributed by atoms with E-state index in [9.17, 15) is 23.3 Å². The highest BCUT2D eigenvalue weighted by Gasteiger charge is 2.11. The highest BCUT2D eigenvalue weighted by atomic mass is 32.2. The lowest BCUT2D eigenvalue weighted by Gasteiger charge is -2.05. The number of non-ortho nitro benzene ring substituents is 1. The van der Waals surface area contributed by atoms with Crippen molar-refractivity contribution in [3.8, 4) is 0 Å². The summed E-state index contributed by atoms with van der Waals surface area (Å²) in [4.78, 5) is 21.7. The first kappa shape index (κ1) is 20.3. The molecule has 0 spiro atoms. The van der Waals surface area contributed by atoms with Crippen molar-refractivity contribution in [2.24, 2.45) is 0 Å². The van der Waals surface area contributed by atoms with Crippen molar-refractivity contribution in [2.75, 3.05) is 6.54 Å². The van der Waals surface area contributed by atoms with Crippen LogP contribution in [0.5, 0.6) is 0 Å². The molecule has 0 aliphatic heterocycles. The van der Waals surface area contributed by atoms with E-state index in [1.165, 1.54) is 30.3 Å². The molecule has 142 valence electrons. The van der Waals surface area contributed by atoms with Crippen LogP contribution in [0.2, 0.25) is 0 Å². The quantitative estimate of drug-likeness (QED) is 0.421. The molecule has 8 nitrogen and oxygen atoms in total. The number of nitrogens with zero attached hydrogens (tertiary/aromatic N) is 1. The Kier molecular flexibility index (Phi) is 6.80. The van der Waals surface area contributed by atoms with E-state index >= 15 is 0 Å². The SMILES string of the molecule is Cc1ccc(/C=C/S(=O)(=O)NCC(=O)OCc2ccc([N+](=O)[O-])cc2)cc1. The molecule has 2 aromatic carbocycles. The van der Waals surface area contributed by atoms with Gasteiger partial charge < -0.3 is 4.74 Å². The Hall–Kier alpha value is -3.04. The molecule has 0 atom stereocenters. The fourth-order valence-corrected chi connectivity index (χ4v) is 2.73. The molecule has 0 saturated carbocycles. The smallest absolute Gasteiger partial charge is 0.321 e. The molecule has 0 amide bonds. The van der Waals surface area contributed by atoms with Crippen LogP contribution in [-0.4, -0.2) is 25.9 Å². The van der Waals surface area contributed by atoms with Crippen LogP contribution in [0.3, 0.4) is 0 Å². The first-order valence-corrected chi connectivity index (χ1v) is 9.43. The summed E-state index contributed by atoms with van der Waals surface area (Å²) in [5.41, 5.74) is 2.25. The van der Waals surface area contributed by atoms with Crippen molar-refractivity contribution < 1.29 is 22.9 Å². The minimum atomic E-state index is -3.79. The number of ether oxygens (including phenoxy) is 1. The van der Waals surface area contributed by atoms with Crippen LogP contribution in [0.4, 0.5) is 5.69 Å². The maximum absolute atomic E-state index is 11.9. The minimum absolute atomic E-state index is 0.0711. The van der Waals surface area contributed by atoms with Crippen LogP contribution < -0.4 is 4.72 Å². The minimum Gasteiger partial charge on any atom is -0.460 e. The molecule has 0 aliphatic rings. The first-order valence-electron chi connectivity index (χ1n) is 7.88. The molecule has 0 unspecified atom stereocenters. The summed E-state index contributed by atoms with van der Waals surface area (Å²) < 4.78 is 30.8. The van der Waals surface area contributed by atoms with Crippen molar-refractivity contribution in [1.82, 2.24) is 4.72 Å². The van der Waals surface area contributed by atoms with Gasteiger partial charge in [0.2, 0.25) is 10.0 Å². The van der Waals surface area contributed by atoms with Crippen molar-refractivity contribution in [3.63, 3.8) is 0 Å². The second-order valence-corrected chi connectivity index (χ2v) is 7.31. The predicted octanol–water partition coefficient (Wildman–Crippen LogP) is 2.54. The number of sulfonamides is 1. The summed E-state index contributed by atoms with van der Waals surface area (Å²) in [5.74, 6) is -0.763. The summed E-state index contributed by atoms with van der Waals surface area (Å²) in [6, 6.07) is 12.8. The average molecular weight is 390 g/mol. The van der Waals surface area contributed by atoms with Crippen molar-refractivity contribution in [2.45, 2.75) is 13.5 Å². The van der Waals surface area contributed by atoms with Gasteiger partial charge in [0, 0.05) is 17.5 Å². The molecule has 0 radical (unpaired) electrons. The molecule has 9 heteroatoms. The summed E-state index contributed by atoms with van der Waals surface area (Å²) >= 11 is 0. The molecular formula is C18H18N2O6S. The van der Waals surface area contributed by atoms with Gasteiger partial charge in [0.05, 0.1) is 4.92 Å². The molecule has 0 aromatic heterocycles. The molecule has 0 aliphatic carbocycles. The van der Waals surface area contributed by atoms with E-state index < -0.39 is 27.5 Å². The number of esters is 1. The molecule has 27 heavy (non-hydrogen) atoms. The van der Waals surface area contributed by atoms with Gasteiger partial charge in [-0.25, -0.2) is 13.1 Å². The van der Waals surface area contributed by atoms with Crippen molar-refractivity contribution >= 4 is 27.8 Å². The van der Waals surface area contributed by atoms with E-state index in [4.69, 9.17) is 4.74 Å². The molecule has 2 aromatic rings. The zero-order valence-corrected chi connectivity index (χ0v) is 15.3. The van der Waals surface area contributed by atoms with Crippen LogP contribution in [0.1, 0.15) is 16.7 Å². The van der Waals surface area contributed by atoms with Gasteiger partial charge in [-0.15, -0.1) is 0 Å². The molecule has 0 bridgehead atoms. The molecule has 0 fully saturated rings. The number of hydrogen-bond acceptors (Lipinski definition) is 6. The third-order valence-corrected chi connectivity index (χ3v) is 4.52. The zero-order chi connectivity index (χ0) is 19.9. The van der Waals surface area contributed by atoms with Gasteiger partial charge in [-0.1, -0.05) is 29.8 Å². The molecule has 0 saturated heterocycles. The van der Waals surface area contributed by atoms with E-state index in [0.29, 0.717) is 11.1 Å². The normalized spacial score (nSPS) is 11.4. The average Bonchev–Trinajstić information content (AvgIpc) is 2.65. The van der Waals surface area contributed by atoms with Gasteiger partial charge >= 0.3 is 5.97 Å². The highest BCUT2D eigenvalue weighted by Crippen LogP contribution is 2.12. The number of aryl methyl sites for hydroxylation is 1. The monoisotopic (exact) mass is 390 g/mol. The lowest BCUT2D eigenvalue weighted by atomic mass is 10.2. The van der Waals surface area contributed by atoms with Gasteiger partial charge in [-0.3, -0.25) is 14.9 Å². The number of nitrogens with one attached hydrogen (secondary N) is 1. The molecule has 0 heterocycles. The maximum atomic E-state index is 11.9. The van der Waals surface area contributed by atoms with Gasteiger partial charge in [-0.2, -0.15) is 0 Å². The van der Waals surface area contributed by atoms with E-state index in [1.807, 2.05) is 19.1 Å². The number of rotatable bonds is 8. The number of hydrogen-bond donors (Lipinski definition) is 1. The Morgan fingerprint density at radius 2 is 1.78 bits per heavy atom. The summed E-state index contributed by atoms with van der Waals surface area (Å²) in [6.07, 6.45) is 1.42. The third kappa shape index (κ3) is 7.00. The van der Waals surface area contributed by atoms with Crippen LogP contribution in [-0.2, 0) is 26.2 Å². The largest absolute Gasteiger partial charge is 0.460 e. The second kappa shape index (κ2) is 9.06. The van der Waals surface area contributed by atoms with E-state index in [2.05, 4.69) is 4.72 Å². The number of nitro benzene ring substituents is 1. The summed E-state index contributed by atoms with van der Waals surface area (Å²) in [7, 11) is -3.79. The van der Waals surface area contributed by atoms with Crippen molar-refractivity contribution in [1.29, 1.82) is 0 Å². The molecular weight excluding hydrogens is 372 g/mol. The lowest BCUT2D eigenvalue weighted by molar-refractivity contribution is -0.384. The number of carbonyl (C=O) groups excluding carboxylic acids is 1. The van der Waals surface area contributed by atoms with Crippen LogP contribution >= 0.6 is 0 Å². The van der Waals surface area contributed by atoms with Gasteiger partial charge in [0.1, 0.15) is 13.2 Å². The Morgan fingerprint density at radius 1 is 1.15 bits per heavy atom. The molecule has 1 N–H and O–H groups in total. The maximum Gasteiger partial charge on any atom is 0.321 e. The van der Waals surface area contributed by atoms with Gasteiger partial charge in [0.25, 0.3) is 5.69 Å². The van der Waals surface area contributed by atoms with Gasteiger partial charge in [0.15, 0.2) is 0 Å². The number of nitro groups is 1. The Balaban J connectivity index is 1.81. The standard InChI is InChI=1S/C18H18N2O6S/c1-14-2-4-15(5-3-14)10-11-27(24,25)19-12-18(21)26-13-16-6-8-17(9-7-16)20(22)23/h2-11,19H,12-13H2,1H3/b11-10+. The second-order valence-electron chi connectivity index (χ2n) is 5.66. The van der Waals surface area contributed by atoms with Crippen LogP contribution in [0.15, 0.2) is 53.9 Å². The lowest BCUT2D eigenvalue weighted by Crippen LogP contribution is -2.29. The predicted molar refractivity (Wildman–Crippen MR) is 100 cm³/mol. The van der Waals surface area contributed by atoms with Gasteiger partial charge in [-0.05, 0) is 36.3 Å². The Morgan fingerprint density at radius 3 is 2.37 bits per heavy atom. The van der Waals surface area contributed by atoms with Crippen LogP contribution in [0.25, 0.3) is 6.08 Å². The first-order chi connectivity index (χ1) is 12.7. The van der Waals surface area contributed by atoms with Crippen LogP contribution in [0, 0.1) is 17.0 Å². The van der Waals surface area contributed by atoms with E-state index in [-0.39, 0.29) is 12.3 Å². The van der Waals surface area contributed by atoms with Crippen molar-refractivity contribution in [3.05, 3.63) is 80.7 Å². The number of carbonyl (C=O) groups is 1. The molecule has 2 rings (SSSR count). The van der Waals surface area contributed by atoms with E-state index in [0.717, 1.165) is 11.0 Å². The summed E-state index contributed by atoms with van der Waals surface area (Å²) in [6.45, 7) is 1.29. The Bertz CT molecular complexity index is 935. The Labute approximate surface area is 156 Å². The van der Waals surface area contributed by atoms with E-state index in [1.54, 1.807) is 12.1 Å². The summed E-state index contributed by atoms with van der Waals surface area (Å²) in [5, 5.41) is 11.5. The topological polar surface area (TPSA) is 116 Å². The third-order valence-electron chi connectivity index (χ3n) is 3.48. The number of benzene rings is 2. The fraction of sp³-hybridized carbons (Fsp3) is 0.167. The highest BCUT2D eigenvalue weighted by molar-refractivity contribution is 7.92.